The Hall–Kier alpha value is -3.12. The van der Waals surface area contributed by atoms with Crippen LogP contribution in [0.4, 0.5) is 18.9 Å². The maximum atomic E-state index is 12.9. The fraction of sp³-hybridized carbons (Fsp3) is 0.364. The molecule has 1 aliphatic heterocycles. The van der Waals surface area contributed by atoms with Crippen LogP contribution in [0.5, 0.6) is 5.75 Å². The molecule has 0 atom stereocenters. The van der Waals surface area contributed by atoms with Crippen LogP contribution in [0.1, 0.15) is 28.8 Å². The van der Waals surface area contributed by atoms with Gasteiger partial charge in [0.2, 0.25) is 15.9 Å². The molecule has 0 aromatic heterocycles. The van der Waals surface area contributed by atoms with Crippen LogP contribution in [0, 0.1) is 6.92 Å². The maximum Gasteiger partial charge on any atom is 0.573 e. The molecule has 1 aliphatic rings. The molecule has 34 heavy (non-hydrogen) atoms. The summed E-state index contributed by atoms with van der Waals surface area (Å²) >= 11 is 0. The first-order valence-electron chi connectivity index (χ1n) is 10.4. The summed E-state index contributed by atoms with van der Waals surface area (Å²) in [6.07, 6.45) is -3.25. The predicted octanol–water partition coefficient (Wildman–Crippen LogP) is 3.39. The van der Waals surface area contributed by atoms with Crippen LogP contribution >= 0.6 is 0 Å². The summed E-state index contributed by atoms with van der Waals surface area (Å²) < 4.78 is 67.6. The molecule has 0 spiro atoms. The van der Waals surface area contributed by atoms with Gasteiger partial charge in [0.1, 0.15) is 5.75 Å². The van der Waals surface area contributed by atoms with Crippen molar-refractivity contribution < 1.29 is 35.9 Å². The van der Waals surface area contributed by atoms with Crippen LogP contribution in [0.2, 0.25) is 0 Å². The number of nitrogens with one attached hydrogen (secondary N) is 1. The van der Waals surface area contributed by atoms with E-state index in [-0.39, 0.29) is 22.7 Å². The van der Waals surface area contributed by atoms with Gasteiger partial charge in [-0.25, -0.2) is 8.42 Å². The number of alkyl halides is 3. The highest BCUT2D eigenvalue weighted by molar-refractivity contribution is 7.89. The number of amides is 2. The van der Waals surface area contributed by atoms with Crippen molar-refractivity contribution in [3.8, 4) is 5.75 Å². The number of carbonyl (C=O) groups excluding carboxylic acids is 2. The number of aryl methyl sites for hydroxylation is 1. The number of carbonyl (C=O) groups is 2. The van der Waals surface area contributed by atoms with Gasteiger partial charge in [0.05, 0.1) is 11.4 Å². The molecule has 0 saturated carbocycles. The molecule has 1 fully saturated rings. The van der Waals surface area contributed by atoms with E-state index in [1.165, 1.54) is 35.6 Å². The zero-order chi connectivity index (χ0) is 25.1. The van der Waals surface area contributed by atoms with Crippen LogP contribution in [0.3, 0.4) is 0 Å². The highest BCUT2D eigenvalue weighted by atomic mass is 32.2. The van der Waals surface area contributed by atoms with E-state index < -0.39 is 33.9 Å². The van der Waals surface area contributed by atoms with Crippen LogP contribution < -0.4 is 10.1 Å². The standard InChI is InChI=1S/C22H24F3N3O5S/c1-15-5-10-18(34(31,32)28-11-3-4-12-28)13-19(15)21(30)27(2)14-20(29)26-16-6-8-17(9-7-16)33-22(23,24)25/h5-10,13H,3-4,11-12,14H2,1-2H3,(H,26,29). The van der Waals surface area contributed by atoms with E-state index >= 15 is 0 Å². The number of nitrogens with zero attached hydrogens (tertiary/aromatic N) is 2. The lowest BCUT2D eigenvalue weighted by molar-refractivity contribution is -0.274. The molecule has 2 aromatic carbocycles. The number of hydrogen-bond donors (Lipinski definition) is 1. The predicted molar refractivity (Wildman–Crippen MR) is 118 cm³/mol. The van der Waals surface area contributed by atoms with E-state index in [4.69, 9.17) is 0 Å². The summed E-state index contributed by atoms with van der Waals surface area (Å²) in [5, 5.41) is 2.48. The molecule has 2 aromatic rings. The van der Waals surface area contributed by atoms with Crippen molar-refractivity contribution in [3.63, 3.8) is 0 Å². The van der Waals surface area contributed by atoms with Crippen molar-refractivity contribution in [2.75, 3.05) is 32.0 Å². The van der Waals surface area contributed by atoms with Crippen LogP contribution in [0.15, 0.2) is 47.4 Å². The van der Waals surface area contributed by atoms with Crippen LogP contribution in [-0.2, 0) is 14.8 Å². The highest BCUT2D eigenvalue weighted by Gasteiger charge is 2.31. The molecule has 2 amide bonds. The third-order valence-corrected chi connectivity index (χ3v) is 7.14. The van der Waals surface area contributed by atoms with Crippen LogP contribution in [0.25, 0.3) is 0 Å². The number of rotatable bonds is 7. The van der Waals surface area contributed by atoms with Crippen molar-refractivity contribution in [2.24, 2.45) is 0 Å². The van der Waals surface area contributed by atoms with E-state index in [0.717, 1.165) is 29.9 Å². The number of benzene rings is 2. The van der Waals surface area contributed by atoms with E-state index in [1.807, 2.05) is 0 Å². The molecule has 12 heteroatoms. The second-order valence-corrected chi connectivity index (χ2v) is 9.81. The van der Waals surface area contributed by atoms with Gasteiger partial charge in [0, 0.05) is 31.4 Å². The number of likely N-dealkylation sites (N-methyl/N-ethyl adjacent to an activating group) is 1. The quantitative estimate of drug-likeness (QED) is 0.630. The van der Waals surface area contributed by atoms with E-state index in [1.54, 1.807) is 13.0 Å². The van der Waals surface area contributed by atoms with Gasteiger partial charge in [-0.1, -0.05) is 6.07 Å². The molecule has 1 N–H and O–H groups in total. The summed E-state index contributed by atoms with van der Waals surface area (Å²) in [6.45, 7) is 2.17. The Morgan fingerprint density at radius 2 is 1.71 bits per heavy atom. The maximum absolute atomic E-state index is 12.9. The average molecular weight is 500 g/mol. The lowest BCUT2D eigenvalue weighted by Gasteiger charge is -2.20. The molecular formula is C22H24F3N3O5S. The smallest absolute Gasteiger partial charge is 0.406 e. The van der Waals surface area contributed by atoms with Crippen molar-refractivity contribution in [1.29, 1.82) is 0 Å². The molecule has 1 heterocycles. The summed E-state index contributed by atoms with van der Waals surface area (Å²) in [5.74, 6) is -1.56. The zero-order valence-corrected chi connectivity index (χ0v) is 19.4. The fourth-order valence-corrected chi connectivity index (χ4v) is 5.05. The molecule has 0 radical (unpaired) electrons. The summed E-state index contributed by atoms with van der Waals surface area (Å²) in [4.78, 5) is 26.4. The van der Waals surface area contributed by atoms with Gasteiger partial charge in [0.25, 0.3) is 5.91 Å². The minimum Gasteiger partial charge on any atom is -0.406 e. The van der Waals surface area contributed by atoms with E-state index in [2.05, 4.69) is 10.1 Å². The highest BCUT2D eigenvalue weighted by Crippen LogP contribution is 2.25. The van der Waals surface area contributed by atoms with Gasteiger partial charge in [-0.05, 0) is 61.7 Å². The molecule has 184 valence electrons. The van der Waals surface area contributed by atoms with Crippen molar-refractivity contribution in [1.82, 2.24) is 9.21 Å². The Morgan fingerprint density at radius 3 is 2.29 bits per heavy atom. The summed E-state index contributed by atoms with van der Waals surface area (Å²) in [5.41, 5.74) is 0.928. The van der Waals surface area contributed by atoms with Crippen molar-refractivity contribution in [2.45, 2.75) is 31.0 Å². The average Bonchev–Trinajstić information content (AvgIpc) is 3.29. The van der Waals surface area contributed by atoms with Crippen LogP contribution in [-0.4, -0.2) is 62.5 Å². The Labute approximate surface area is 195 Å². The first kappa shape index (κ1) is 25.5. The Kier molecular flexibility index (Phi) is 7.51. The second kappa shape index (κ2) is 10.0. The first-order valence-corrected chi connectivity index (χ1v) is 11.8. The normalized spacial score (nSPS) is 14.6. The van der Waals surface area contributed by atoms with E-state index in [0.29, 0.717) is 18.7 Å². The van der Waals surface area contributed by atoms with Gasteiger partial charge >= 0.3 is 6.36 Å². The number of hydrogen-bond acceptors (Lipinski definition) is 5. The third-order valence-electron chi connectivity index (χ3n) is 5.24. The minimum absolute atomic E-state index is 0.0161. The van der Waals surface area contributed by atoms with Gasteiger partial charge in [-0.15, -0.1) is 13.2 Å². The van der Waals surface area contributed by atoms with Gasteiger partial charge < -0.3 is 15.0 Å². The third kappa shape index (κ3) is 6.26. The van der Waals surface area contributed by atoms with E-state index in [9.17, 15) is 31.2 Å². The first-order chi connectivity index (χ1) is 15.9. The summed E-state index contributed by atoms with van der Waals surface area (Å²) in [6, 6.07) is 8.89. The topological polar surface area (TPSA) is 96.0 Å². The molecule has 0 unspecified atom stereocenters. The largest absolute Gasteiger partial charge is 0.573 e. The minimum atomic E-state index is -4.82. The van der Waals surface area contributed by atoms with Crippen molar-refractivity contribution >= 4 is 27.5 Å². The molecule has 0 bridgehead atoms. The van der Waals surface area contributed by atoms with Gasteiger partial charge in [-0.3, -0.25) is 9.59 Å². The lowest BCUT2D eigenvalue weighted by atomic mass is 10.1. The number of sulfonamides is 1. The zero-order valence-electron chi connectivity index (χ0n) is 18.6. The van der Waals surface area contributed by atoms with Crippen molar-refractivity contribution in [3.05, 3.63) is 53.6 Å². The number of anilines is 1. The molecule has 8 nitrogen and oxygen atoms in total. The summed E-state index contributed by atoms with van der Waals surface area (Å²) in [7, 11) is -2.32. The SMILES string of the molecule is Cc1ccc(S(=O)(=O)N2CCCC2)cc1C(=O)N(C)CC(=O)Nc1ccc(OC(F)(F)F)cc1. The van der Waals surface area contributed by atoms with Gasteiger partial charge in [-0.2, -0.15) is 4.31 Å². The molecular weight excluding hydrogens is 475 g/mol. The second-order valence-electron chi connectivity index (χ2n) is 7.87. The fourth-order valence-electron chi connectivity index (χ4n) is 3.50. The number of ether oxygens (including phenoxy) is 1. The molecule has 3 rings (SSSR count). The molecule has 1 saturated heterocycles. The molecule has 0 aliphatic carbocycles. The number of halogens is 3. The Bertz CT molecular complexity index is 1160. The lowest BCUT2D eigenvalue weighted by Crippen LogP contribution is -2.35. The monoisotopic (exact) mass is 499 g/mol. The Morgan fingerprint density at radius 1 is 1.09 bits per heavy atom. The van der Waals surface area contributed by atoms with Gasteiger partial charge in [0.15, 0.2) is 0 Å². The Balaban J connectivity index is 1.66.